The van der Waals surface area contributed by atoms with Crippen LogP contribution in [0.15, 0.2) is 42.5 Å². The first kappa shape index (κ1) is 12.5. The standard InChI is InChI=1S/C20H18O3/c21-18-17-13-9-14(16-11-7-6-10(8-11)15(13)16)20(17,19(22)23-18)12-4-2-1-3-5-12/h1-7,10-11,13-17H,8-9H2. The first-order valence-corrected chi connectivity index (χ1v) is 8.73. The molecule has 116 valence electrons. The predicted molar refractivity (Wildman–Crippen MR) is 82.0 cm³/mol. The highest BCUT2D eigenvalue weighted by atomic mass is 16.6. The van der Waals surface area contributed by atoms with Crippen LogP contribution in [0, 0.1) is 41.4 Å². The van der Waals surface area contributed by atoms with Gasteiger partial charge in [-0.05, 0) is 53.9 Å². The summed E-state index contributed by atoms with van der Waals surface area (Å²) in [5, 5.41) is 0. The summed E-state index contributed by atoms with van der Waals surface area (Å²) >= 11 is 0. The summed E-state index contributed by atoms with van der Waals surface area (Å²) in [6.07, 6.45) is 6.97. The van der Waals surface area contributed by atoms with Crippen molar-refractivity contribution in [1.29, 1.82) is 0 Å². The Hall–Kier alpha value is -1.90. The molecule has 4 bridgehead atoms. The van der Waals surface area contributed by atoms with Crippen LogP contribution in [0.25, 0.3) is 0 Å². The van der Waals surface area contributed by atoms with Gasteiger partial charge in [0.15, 0.2) is 0 Å². The fourth-order valence-corrected chi connectivity index (χ4v) is 7.20. The molecule has 1 saturated heterocycles. The maximum Gasteiger partial charge on any atom is 0.325 e. The molecular weight excluding hydrogens is 288 g/mol. The summed E-state index contributed by atoms with van der Waals surface area (Å²) in [5.74, 6) is 2.17. The van der Waals surface area contributed by atoms with E-state index in [9.17, 15) is 9.59 Å². The molecule has 5 aliphatic rings. The minimum Gasteiger partial charge on any atom is -0.392 e. The van der Waals surface area contributed by atoms with E-state index in [0.29, 0.717) is 29.6 Å². The lowest BCUT2D eigenvalue weighted by atomic mass is 9.55. The van der Waals surface area contributed by atoms with Crippen LogP contribution >= 0.6 is 0 Å². The Morgan fingerprint density at radius 3 is 2.48 bits per heavy atom. The number of carbonyl (C=O) groups excluding carboxylic acids is 2. The van der Waals surface area contributed by atoms with Gasteiger partial charge in [0.1, 0.15) is 5.41 Å². The molecule has 0 amide bonds. The molecule has 1 aromatic rings. The van der Waals surface area contributed by atoms with Gasteiger partial charge < -0.3 is 4.74 Å². The molecule has 3 heteroatoms. The average Bonchev–Trinajstić information content (AvgIpc) is 3.32. The van der Waals surface area contributed by atoms with Gasteiger partial charge >= 0.3 is 11.9 Å². The van der Waals surface area contributed by atoms with E-state index in [-0.39, 0.29) is 23.8 Å². The third kappa shape index (κ3) is 1.17. The van der Waals surface area contributed by atoms with Crippen LogP contribution in [0.5, 0.6) is 0 Å². The van der Waals surface area contributed by atoms with Crippen LogP contribution in [0.4, 0.5) is 0 Å². The Morgan fingerprint density at radius 1 is 0.957 bits per heavy atom. The quantitative estimate of drug-likeness (QED) is 0.347. The number of carbonyl (C=O) groups is 2. The average molecular weight is 306 g/mol. The zero-order valence-electron chi connectivity index (χ0n) is 12.7. The summed E-state index contributed by atoms with van der Waals surface area (Å²) in [6.45, 7) is 0. The topological polar surface area (TPSA) is 43.4 Å². The SMILES string of the molecule is O=C1OC(=O)C2(c3ccccc3)C3CC(C4C5C=CC(C5)C43)C12. The number of fused-ring (bicyclic) bond motifs is 12. The number of cyclic esters (lactones) is 2. The zero-order chi connectivity index (χ0) is 15.3. The fraction of sp³-hybridized carbons (Fsp3) is 0.500. The van der Waals surface area contributed by atoms with E-state index < -0.39 is 5.41 Å². The molecule has 0 N–H and O–H groups in total. The second-order valence-corrected chi connectivity index (χ2v) is 8.03. The maximum atomic E-state index is 12.9. The van der Waals surface area contributed by atoms with E-state index in [1.165, 1.54) is 6.42 Å². The number of esters is 2. The van der Waals surface area contributed by atoms with Crippen molar-refractivity contribution < 1.29 is 14.3 Å². The van der Waals surface area contributed by atoms with Crippen LogP contribution in [0.1, 0.15) is 18.4 Å². The Balaban J connectivity index is 1.59. The number of benzene rings is 1. The van der Waals surface area contributed by atoms with Crippen molar-refractivity contribution in [2.45, 2.75) is 18.3 Å². The van der Waals surface area contributed by atoms with Crippen LogP contribution in [-0.4, -0.2) is 11.9 Å². The second-order valence-electron chi connectivity index (χ2n) is 8.03. The van der Waals surface area contributed by atoms with Crippen LogP contribution < -0.4 is 0 Å². The Kier molecular flexibility index (Phi) is 2.05. The molecule has 3 nitrogen and oxygen atoms in total. The summed E-state index contributed by atoms with van der Waals surface area (Å²) < 4.78 is 5.22. The Morgan fingerprint density at radius 2 is 1.70 bits per heavy atom. The van der Waals surface area contributed by atoms with Gasteiger partial charge in [-0.1, -0.05) is 42.5 Å². The maximum absolute atomic E-state index is 12.9. The minimum atomic E-state index is -0.706. The number of hydrogen-bond donors (Lipinski definition) is 0. The molecule has 0 radical (unpaired) electrons. The van der Waals surface area contributed by atoms with Gasteiger partial charge in [0, 0.05) is 0 Å². The first-order valence-electron chi connectivity index (χ1n) is 8.73. The summed E-state index contributed by atoms with van der Waals surface area (Å²) in [6, 6.07) is 9.95. The van der Waals surface area contributed by atoms with Crippen molar-refractivity contribution in [2.24, 2.45) is 41.4 Å². The van der Waals surface area contributed by atoms with Gasteiger partial charge in [-0.25, -0.2) is 0 Å². The molecule has 6 rings (SSSR count). The molecular formula is C20H18O3. The van der Waals surface area contributed by atoms with E-state index in [4.69, 9.17) is 4.74 Å². The van der Waals surface area contributed by atoms with Crippen molar-refractivity contribution in [2.75, 3.05) is 0 Å². The number of hydrogen-bond acceptors (Lipinski definition) is 3. The molecule has 0 aromatic heterocycles. The first-order chi connectivity index (χ1) is 11.2. The smallest absolute Gasteiger partial charge is 0.325 e. The highest BCUT2D eigenvalue weighted by Crippen LogP contribution is 2.74. The van der Waals surface area contributed by atoms with Crippen molar-refractivity contribution in [3.05, 3.63) is 48.0 Å². The Labute approximate surface area is 134 Å². The van der Waals surface area contributed by atoms with Gasteiger partial charge in [-0.2, -0.15) is 0 Å². The van der Waals surface area contributed by atoms with Gasteiger partial charge in [-0.15, -0.1) is 0 Å². The lowest BCUT2D eigenvalue weighted by Crippen LogP contribution is -2.50. The van der Waals surface area contributed by atoms with E-state index >= 15 is 0 Å². The highest BCUT2D eigenvalue weighted by molar-refractivity contribution is 6.04. The van der Waals surface area contributed by atoms with Gasteiger partial charge in [0.25, 0.3) is 0 Å². The third-order valence-electron chi connectivity index (χ3n) is 7.61. The van der Waals surface area contributed by atoms with Gasteiger partial charge in [0.2, 0.25) is 0 Å². The van der Waals surface area contributed by atoms with Crippen molar-refractivity contribution in [1.82, 2.24) is 0 Å². The summed E-state index contributed by atoms with van der Waals surface area (Å²) in [7, 11) is 0. The number of ether oxygens (including phenoxy) is 1. The molecule has 4 fully saturated rings. The van der Waals surface area contributed by atoms with E-state index in [1.807, 2.05) is 30.3 Å². The number of allylic oxidation sites excluding steroid dienone is 2. The van der Waals surface area contributed by atoms with Gasteiger partial charge in [0.05, 0.1) is 5.92 Å². The molecule has 1 aromatic carbocycles. The highest BCUT2D eigenvalue weighted by Gasteiger charge is 2.78. The normalized spacial score (nSPS) is 51.2. The van der Waals surface area contributed by atoms with E-state index in [1.54, 1.807) is 0 Å². The fourth-order valence-electron chi connectivity index (χ4n) is 7.20. The van der Waals surface area contributed by atoms with E-state index in [2.05, 4.69) is 12.2 Å². The number of rotatable bonds is 1. The van der Waals surface area contributed by atoms with Gasteiger partial charge in [-0.3, -0.25) is 9.59 Å². The van der Waals surface area contributed by atoms with Crippen molar-refractivity contribution in [3.63, 3.8) is 0 Å². The molecule has 3 saturated carbocycles. The predicted octanol–water partition coefficient (Wildman–Crippen LogP) is 2.71. The third-order valence-corrected chi connectivity index (χ3v) is 7.61. The summed E-state index contributed by atoms with van der Waals surface area (Å²) in [5.41, 5.74) is 0.293. The molecule has 4 aliphatic carbocycles. The molecule has 0 spiro atoms. The largest absolute Gasteiger partial charge is 0.392 e. The Bertz CT molecular complexity index is 766. The lowest BCUT2D eigenvalue weighted by molar-refractivity contribution is -0.155. The van der Waals surface area contributed by atoms with Crippen LogP contribution in [0.3, 0.4) is 0 Å². The molecule has 8 unspecified atom stereocenters. The molecule has 1 aliphatic heterocycles. The van der Waals surface area contributed by atoms with E-state index in [0.717, 1.165) is 12.0 Å². The second kappa shape index (κ2) is 3.77. The lowest BCUT2D eigenvalue weighted by Gasteiger charge is -2.43. The molecule has 8 atom stereocenters. The monoisotopic (exact) mass is 306 g/mol. The van der Waals surface area contributed by atoms with Crippen molar-refractivity contribution >= 4 is 11.9 Å². The minimum absolute atomic E-state index is 0.253. The molecule has 23 heavy (non-hydrogen) atoms. The summed E-state index contributed by atoms with van der Waals surface area (Å²) in [4.78, 5) is 25.5. The van der Waals surface area contributed by atoms with Crippen LogP contribution in [-0.2, 0) is 19.7 Å². The zero-order valence-corrected chi connectivity index (χ0v) is 12.7. The molecule has 1 heterocycles. The van der Waals surface area contributed by atoms with Crippen LogP contribution in [0.2, 0.25) is 0 Å². The van der Waals surface area contributed by atoms with Crippen molar-refractivity contribution in [3.8, 4) is 0 Å².